The Bertz CT molecular complexity index is 449. The Morgan fingerprint density at radius 2 is 1.24 bits per heavy atom. The molecule has 1 atom stereocenters. The SMILES string of the molecule is CCN1CCC(CN2CCN(CC3CCC(OC4CCN(I)CC4)CC3)CC2)C1. The van der Waals surface area contributed by atoms with E-state index in [4.69, 9.17) is 4.74 Å². The van der Waals surface area contributed by atoms with E-state index in [1.54, 1.807) is 0 Å². The standard InChI is InChI=1S/C23H43IN4O/c1-2-25-10-7-21(18-25)19-27-15-13-26(14-16-27)17-20-3-5-22(6-4-20)29-23-8-11-28(24)12-9-23/h20-23H,2-19H2,1H3. The zero-order valence-electron chi connectivity index (χ0n) is 18.6. The molecule has 0 aromatic carbocycles. The monoisotopic (exact) mass is 518 g/mol. The maximum atomic E-state index is 6.46. The van der Waals surface area contributed by atoms with Crippen molar-refractivity contribution >= 4 is 22.9 Å². The fourth-order valence-electron chi connectivity index (χ4n) is 5.92. The second-order valence-corrected chi connectivity index (χ2v) is 11.4. The molecule has 0 amide bonds. The Hall–Kier alpha value is 0.530. The van der Waals surface area contributed by atoms with Crippen LogP contribution in [0.2, 0.25) is 0 Å². The largest absolute Gasteiger partial charge is 0.375 e. The zero-order valence-corrected chi connectivity index (χ0v) is 20.8. The van der Waals surface area contributed by atoms with Gasteiger partial charge in [0.25, 0.3) is 0 Å². The van der Waals surface area contributed by atoms with Gasteiger partial charge in [0.15, 0.2) is 0 Å². The first-order valence-electron chi connectivity index (χ1n) is 12.4. The van der Waals surface area contributed by atoms with Gasteiger partial charge in [-0.25, -0.2) is 3.11 Å². The third-order valence-electron chi connectivity index (χ3n) is 7.88. The van der Waals surface area contributed by atoms with Crippen LogP contribution >= 0.6 is 22.9 Å². The first-order valence-corrected chi connectivity index (χ1v) is 13.4. The van der Waals surface area contributed by atoms with Crippen LogP contribution in [0, 0.1) is 11.8 Å². The molecule has 5 nitrogen and oxygen atoms in total. The van der Waals surface area contributed by atoms with E-state index in [2.05, 4.69) is 47.6 Å². The third kappa shape index (κ3) is 7.01. The number of rotatable bonds is 7. The second kappa shape index (κ2) is 11.4. The van der Waals surface area contributed by atoms with Gasteiger partial charge in [-0.15, -0.1) is 0 Å². The van der Waals surface area contributed by atoms with Crippen LogP contribution in [0.1, 0.15) is 51.9 Å². The van der Waals surface area contributed by atoms with Gasteiger partial charge in [0.1, 0.15) is 0 Å². The topological polar surface area (TPSA) is 22.2 Å². The fourth-order valence-corrected chi connectivity index (χ4v) is 6.47. The van der Waals surface area contributed by atoms with E-state index in [1.165, 1.54) is 117 Å². The molecule has 0 aromatic heterocycles. The highest BCUT2D eigenvalue weighted by atomic mass is 127. The van der Waals surface area contributed by atoms with E-state index in [0.717, 1.165) is 11.8 Å². The molecule has 3 saturated heterocycles. The van der Waals surface area contributed by atoms with E-state index >= 15 is 0 Å². The molecule has 29 heavy (non-hydrogen) atoms. The predicted octanol–water partition coefficient (Wildman–Crippen LogP) is 3.34. The molecular formula is C23H43IN4O. The van der Waals surface area contributed by atoms with Gasteiger partial charge in [-0.1, -0.05) is 6.92 Å². The molecule has 3 heterocycles. The van der Waals surface area contributed by atoms with Crippen molar-refractivity contribution in [3.8, 4) is 0 Å². The molecule has 1 saturated carbocycles. The van der Waals surface area contributed by atoms with Crippen LogP contribution in [0.3, 0.4) is 0 Å². The predicted molar refractivity (Wildman–Crippen MR) is 129 cm³/mol. The number of hydrogen-bond acceptors (Lipinski definition) is 5. The summed E-state index contributed by atoms with van der Waals surface area (Å²) in [5.41, 5.74) is 0. The zero-order chi connectivity index (χ0) is 20.1. The van der Waals surface area contributed by atoms with Crippen LogP contribution in [-0.4, -0.2) is 102 Å². The highest BCUT2D eigenvalue weighted by Crippen LogP contribution is 2.30. The molecule has 0 N–H and O–H groups in total. The lowest BCUT2D eigenvalue weighted by Crippen LogP contribution is -2.49. The van der Waals surface area contributed by atoms with E-state index < -0.39 is 0 Å². The van der Waals surface area contributed by atoms with Crippen LogP contribution in [0.4, 0.5) is 0 Å². The molecule has 1 aliphatic carbocycles. The highest BCUT2D eigenvalue weighted by Gasteiger charge is 2.29. The van der Waals surface area contributed by atoms with Gasteiger partial charge in [0.2, 0.25) is 0 Å². The number of ether oxygens (including phenoxy) is 1. The number of likely N-dealkylation sites (tertiary alicyclic amines) is 1. The summed E-state index contributed by atoms with van der Waals surface area (Å²) < 4.78 is 8.86. The van der Waals surface area contributed by atoms with E-state index in [0.29, 0.717) is 12.2 Å². The van der Waals surface area contributed by atoms with Crippen molar-refractivity contribution in [1.29, 1.82) is 0 Å². The van der Waals surface area contributed by atoms with Crippen LogP contribution in [0.25, 0.3) is 0 Å². The minimum Gasteiger partial charge on any atom is -0.375 e. The van der Waals surface area contributed by atoms with Gasteiger partial charge in [-0.2, -0.15) is 0 Å². The van der Waals surface area contributed by atoms with Crippen LogP contribution < -0.4 is 0 Å². The molecular weight excluding hydrogens is 475 g/mol. The van der Waals surface area contributed by atoms with Gasteiger partial charge in [0, 0.05) is 81.8 Å². The number of nitrogens with zero attached hydrogens (tertiary/aromatic N) is 4. The number of piperidine rings is 1. The van der Waals surface area contributed by atoms with Crippen LogP contribution in [0.5, 0.6) is 0 Å². The molecule has 4 aliphatic rings. The summed E-state index contributed by atoms with van der Waals surface area (Å²) in [5.74, 6) is 1.83. The Morgan fingerprint density at radius 3 is 1.83 bits per heavy atom. The quantitative estimate of drug-likeness (QED) is 0.380. The summed E-state index contributed by atoms with van der Waals surface area (Å²) in [7, 11) is 0. The van der Waals surface area contributed by atoms with Crippen LogP contribution in [-0.2, 0) is 4.74 Å². The Labute approximate surface area is 193 Å². The second-order valence-electron chi connectivity index (χ2n) is 10.0. The Kier molecular flexibility index (Phi) is 8.94. The fraction of sp³-hybridized carbons (Fsp3) is 1.00. The summed E-state index contributed by atoms with van der Waals surface area (Å²) in [6, 6.07) is 0. The normalized spacial score (nSPS) is 34.8. The molecule has 168 valence electrons. The van der Waals surface area contributed by atoms with Gasteiger partial charge < -0.3 is 19.4 Å². The number of hydrogen-bond donors (Lipinski definition) is 0. The van der Waals surface area contributed by atoms with Crippen molar-refractivity contribution < 1.29 is 4.74 Å². The van der Waals surface area contributed by atoms with E-state index in [1.807, 2.05) is 0 Å². The molecule has 0 aromatic rings. The van der Waals surface area contributed by atoms with Gasteiger partial charge in [0.05, 0.1) is 12.2 Å². The number of halogens is 1. The maximum absolute atomic E-state index is 6.46. The molecule has 0 spiro atoms. The minimum absolute atomic E-state index is 0.528. The first kappa shape index (κ1) is 22.7. The molecule has 6 heteroatoms. The van der Waals surface area contributed by atoms with Crippen molar-refractivity contribution in [2.24, 2.45) is 11.8 Å². The molecule has 1 unspecified atom stereocenters. The van der Waals surface area contributed by atoms with Crippen molar-refractivity contribution in [2.45, 2.75) is 64.1 Å². The molecule has 4 rings (SSSR count). The van der Waals surface area contributed by atoms with E-state index in [9.17, 15) is 0 Å². The Balaban J connectivity index is 1.08. The van der Waals surface area contributed by atoms with Gasteiger partial charge >= 0.3 is 0 Å². The van der Waals surface area contributed by atoms with Gasteiger partial charge in [-0.3, -0.25) is 0 Å². The average molecular weight is 519 g/mol. The Morgan fingerprint density at radius 1 is 0.655 bits per heavy atom. The summed E-state index contributed by atoms with van der Waals surface area (Å²) in [6.45, 7) is 16.4. The first-order chi connectivity index (χ1) is 14.2. The third-order valence-corrected chi connectivity index (χ3v) is 8.85. The van der Waals surface area contributed by atoms with Gasteiger partial charge in [-0.05, 0) is 69.9 Å². The van der Waals surface area contributed by atoms with Crippen molar-refractivity contribution in [2.75, 3.05) is 72.0 Å². The molecule has 0 bridgehead atoms. The molecule has 4 fully saturated rings. The number of piperazine rings is 1. The highest BCUT2D eigenvalue weighted by molar-refractivity contribution is 14.1. The minimum atomic E-state index is 0.528. The van der Waals surface area contributed by atoms with Crippen molar-refractivity contribution in [3.05, 3.63) is 0 Å². The van der Waals surface area contributed by atoms with Crippen molar-refractivity contribution in [3.63, 3.8) is 0 Å². The maximum Gasteiger partial charge on any atom is 0.0603 e. The lowest BCUT2D eigenvalue weighted by Gasteiger charge is -2.39. The smallest absolute Gasteiger partial charge is 0.0603 e. The molecule has 0 radical (unpaired) electrons. The van der Waals surface area contributed by atoms with E-state index in [-0.39, 0.29) is 0 Å². The average Bonchev–Trinajstić information content (AvgIpc) is 3.20. The lowest BCUT2D eigenvalue weighted by atomic mass is 9.86. The summed E-state index contributed by atoms with van der Waals surface area (Å²) in [4.78, 5) is 8.12. The van der Waals surface area contributed by atoms with Crippen molar-refractivity contribution in [1.82, 2.24) is 17.8 Å². The lowest BCUT2D eigenvalue weighted by molar-refractivity contribution is -0.0545. The van der Waals surface area contributed by atoms with Crippen LogP contribution in [0.15, 0.2) is 0 Å². The summed E-state index contributed by atoms with van der Waals surface area (Å²) in [6.07, 6.45) is 10.3. The molecule has 3 aliphatic heterocycles. The summed E-state index contributed by atoms with van der Waals surface area (Å²) >= 11 is 2.45. The summed E-state index contributed by atoms with van der Waals surface area (Å²) in [5, 5.41) is 0.